The summed E-state index contributed by atoms with van der Waals surface area (Å²) >= 11 is 5.02. The van der Waals surface area contributed by atoms with Crippen LogP contribution < -0.4 is 0 Å². The maximum atomic E-state index is 10.6. The van der Waals surface area contributed by atoms with Crippen molar-refractivity contribution in [2.75, 3.05) is 0 Å². The van der Waals surface area contributed by atoms with Gasteiger partial charge in [0.1, 0.15) is 0 Å². The third-order valence-electron chi connectivity index (χ3n) is 2.28. The predicted molar refractivity (Wildman–Crippen MR) is 67.6 cm³/mol. The van der Waals surface area contributed by atoms with Crippen molar-refractivity contribution in [3.05, 3.63) is 45.2 Å². The van der Waals surface area contributed by atoms with Crippen molar-refractivity contribution in [2.45, 2.75) is 6.92 Å². The van der Waals surface area contributed by atoms with Gasteiger partial charge in [-0.1, -0.05) is 28.1 Å². The Morgan fingerprint density at radius 3 is 2.73 bits per heavy atom. The van der Waals surface area contributed by atoms with Crippen LogP contribution in [0, 0.1) is 6.92 Å². The van der Waals surface area contributed by atoms with Gasteiger partial charge in [0.25, 0.3) is 0 Å². The van der Waals surface area contributed by atoms with Gasteiger partial charge in [-0.05, 0) is 36.2 Å². The lowest BCUT2D eigenvalue weighted by atomic mass is 10.1. The maximum absolute atomic E-state index is 10.6. The first-order chi connectivity index (χ1) is 7.22. The van der Waals surface area contributed by atoms with Gasteiger partial charge in [0.15, 0.2) is 6.29 Å². The van der Waals surface area contributed by atoms with Crippen molar-refractivity contribution < 1.29 is 4.79 Å². The first kappa shape index (κ1) is 10.6. The minimum absolute atomic E-state index is 0.768. The number of hydrogen-bond donors (Lipinski definition) is 0. The highest BCUT2D eigenvalue weighted by atomic mass is 79.9. The van der Waals surface area contributed by atoms with Gasteiger partial charge in [-0.25, -0.2) is 0 Å². The summed E-state index contributed by atoms with van der Waals surface area (Å²) in [5.41, 5.74) is 2.39. The minimum Gasteiger partial charge on any atom is -0.297 e. The van der Waals surface area contributed by atoms with Gasteiger partial charge in [-0.3, -0.25) is 4.79 Å². The summed E-state index contributed by atoms with van der Waals surface area (Å²) in [6.07, 6.45) is 0.890. The first-order valence-corrected chi connectivity index (χ1v) is 6.14. The van der Waals surface area contributed by atoms with Gasteiger partial charge >= 0.3 is 0 Å². The van der Waals surface area contributed by atoms with E-state index >= 15 is 0 Å². The molecule has 2 rings (SSSR count). The molecule has 76 valence electrons. The molecular weight excluding hydrogens is 272 g/mol. The highest BCUT2D eigenvalue weighted by molar-refractivity contribution is 9.10. The number of hydrogen-bond acceptors (Lipinski definition) is 2. The van der Waals surface area contributed by atoms with Gasteiger partial charge < -0.3 is 0 Å². The summed E-state index contributed by atoms with van der Waals surface area (Å²) in [4.78, 5) is 12.5. The Kier molecular flexibility index (Phi) is 3.03. The summed E-state index contributed by atoms with van der Waals surface area (Å²) < 4.78 is 1.10. The van der Waals surface area contributed by atoms with Crippen LogP contribution >= 0.6 is 27.3 Å². The Bertz CT molecular complexity index is 502. The molecule has 1 aromatic heterocycles. The summed E-state index contributed by atoms with van der Waals surface area (Å²) in [5, 5.41) is 0. The van der Waals surface area contributed by atoms with Gasteiger partial charge in [-0.15, -0.1) is 11.3 Å². The standard InChI is InChI=1S/C12H9BrOS/c1-8-10(3-2-4-11(8)13)12-6-5-9(7-14)15-12/h2-7H,1H3. The van der Waals surface area contributed by atoms with E-state index in [0.29, 0.717) is 0 Å². The van der Waals surface area contributed by atoms with Gasteiger partial charge in [0, 0.05) is 9.35 Å². The molecule has 0 aliphatic heterocycles. The van der Waals surface area contributed by atoms with Gasteiger partial charge in [-0.2, -0.15) is 0 Å². The zero-order valence-electron chi connectivity index (χ0n) is 8.16. The first-order valence-electron chi connectivity index (χ1n) is 4.53. The normalized spacial score (nSPS) is 10.3. The lowest BCUT2D eigenvalue weighted by Crippen LogP contribution is -1.80. The Balaban J connectivity index is 2.53. The Morgan fingerprint density at radius 1 is 1.27 bits per heavy atom. The van der Waals surface area contributed by atoms with Crippen molar-refractivity contribution in [1.29, 1.82) is 0 Å². The second kappa shape index (κ2) is 4.29. The fourth-order valence-electron chi connectivity index (χ4n) is 1.44. The number of benzene rings is 1. The van der Waals surface area contributed by atoms with Crippen LogP contribution in [-0.2, 0) is 0 Å². The molecule has 0 fully saturated rings. The van der Waals surface area contributed by atoms with Crippen molar-refractivity contribution in [2.24, 2.45) is 0 Å². The Labute approximate surface area is 101 Å². The largest absolute Gasteiger partial charge is 0.297 e. The zero-order chi connectivity index (χ0) is 10.8. The minimum atomic E-state index is 0.768. The summed E-state index contributed by atoms with van der Waals surface area (Å²) in [6.45, 7) is 2.07. The van der Waals surface area contributed by atoms with Crippen molar-refractivity contribution in [3.63, 3.8) is 0 Å². The smallest absolute Gasteiger partial charge is 0.160 e. The molecule has 0 N–H and O–H groups in total. The molecule has 0 atom stereocenters. The SMILES string of the molecule is Cc1c(Br)cccc1-c1ccc(C=O)s1. The number of carbonyl (C=O) groups excluding carboxylic acids is 1. The molecule has 0 aliphatic rings. The molecule has 0 unspecified atom stereocenters. The van der Waals surface area contributed by atoms with E-state index in [1.807, 2.05) is 24.3 Å². The van der Waals surface area contributed by atoms with E-state index in [4.69, 9.17) is 0 Å². The molecule has 0 aliphatic carbocycles. The molecule has 2 aromatic rings. The third kappa shape index (κ3) is 2.03. The average Bonchev–Trinajstić information content (AvgIpc) is 2.70. The van der Waals surface area contributed by atoms with Gasteiger partial charge in [0.05, 0.1) is 4.88 Å². The molecule has 3 heteroatoms. The topological polar surface area (TPSA) is 17.1 Å². The van der Waals surface area contributed by atoms with Crippen molar-refractivity contribution >= 4 is 33.6 Å². The Morgan fingerprint density at radius 2 is 2.07 bits per heavy atom. The van der Waals surface area contributed by atoms with Crippen LogP contribution in [0.5, 0.6) is 0 Å². The molecule has 0 amide bonds. The van der Waals surface area contributed by atoms with Crippen molar-refractivity contribution in [3.8, 4) is 10.4 Å². The Hall–Kier alpha value is -0.930. The fourth-order valence-corrected chi connectivity index (χ4v) is 2.71. The van der Waals surface area contributed by atoms with Crippen LogP contribution in [0.4, 0.5) is 0 Å². The molecule has 0 bridgehead atoms. The fraction of sp³-hybridized carbons (Fsp3) is 0.0833. The second-order valence-corrected chi connectivity index (χ2v) is 5.20. The number of rotatable bonds is 2. The van der Waals surface area contributed by atoms with Crippen molar-refractivity contribution in [1.82, 2.24) is 0 Å². The average molecular weight is 281 g/mol. The zero-order valence-corrected chi connectivity index (χ0v) is 10.6. The van der Waals surface area contributed by atoms with E-state index in [2.05, 4.69) is 28.9 Å². The van der Waals surface area contributed by atoms with Crippen LogP contribution in [0.2, 0.25) is 0 Å². The van der Waals surface area contributed by atoms with Crippen LogP contribution in [0.1, 0.15) is 15.2 Å². The number of carbonyl (C=O) groups is 1. The monoisotopic (exact) mass is 280 g/mol. The summed E-state index contributed by atoms with van der Waals surface area (Å²) in [7, 11) is 0. The molecule has 0 radical (unpaired) electrons. The van der Waals surface area contributed by atoms with Crippen LogP contribution in [-0.4, -0.2) is 6.29 Å². The number of aldehydes is 1. The maximum Gasteiger partial charge on any atom is 0.160 e. The molecule has 0 spiro atoms. The van der Waals surface area contributed by atoms with Crippen LogP contribution in [0.15, 0.2) is 34.8 Å². The lowest BCUT2D eigenvalue weighted by molar-refractivity contribution is 0.112. The molecule has 15 heavy (non-hydrogen) atoms. The molecule has 0 saturated heterocycles. The number of thiophene rings is 1. The lowest BCUT2D eigenvalue weighted by Gasteiger charge is -2.04. The van der Waals surface area contributed by atoms with E-state index in [9.17, 15) is 4.79 Å². The quantitative estimate of drug-likeness (QED) is 0.750. The molecule has 1 aromatic carbocycles. The highest BCUT2D eigenvalue weighted by Gasteiger charge is 2.06. The van der Waals surface area contributed by atoms with E-state index in [1.54, 1.807) is 0 Å². The molecule has 1 heterocycles. The van der Waals surface area contributed by atoms with Crippen LogP contribution in [0.3, 0.4) is 0 Å². The van der Waals surface area contributed by atoms with E-state index in [1.165, 1.54) is 22.5 Å². The van der Waals surface area contributed by atoms with Gasteiger partial charge in [0.2, 0.25) is 0 Å². The highest BCUT2D eigenvalue weighted by Crippen LogP contribution is 2.32. The van der Waals surface area contributed by atoms with Crippen LogP contribution in [0.25, 0.3) is 10.4 Å². The summed E-state index contributed by atoms with van der Waals surface area (Å²) in [5.74, 6) is 0. The van der Waals surface area contributed by atoms with E-state index in [0.717, 1.165) is 20.5 Å². The molecule has 1 nitrogen and oxygen atoms in total. The van der Waals surface area contributed by atoms with E-state index in [-0.39, 0.29) is 0 Å². The molecule has 0 saturated carbocycles. The second-order valence-electron chi connectivity index (χ2n) is 3.23. The predicted octanol–water partition coefficient (Wildman–Crippen LogP) is 4.30. The number of halogens is 1. The third-order valence-corrected chi connectivity index (χ3v) is 4.18. The summed E-state index contributed by atoms with van der Waals surface area (Å²) in [6, 6.07) is 9.94. The van der Waals surface area contributed by atoms with E-state index < -0.39 is 0 Å². The molecular formula is C12H9BrOS.